The summed E-state index contributed by atoms with van der Waals surface area (Å²) < 4.78 is 45.4. The van der Waals surface area contributed by atoms with E-state index >= 15 is 0 Å². The van der Waals surface area contributed by atoms with Crippen LogP contribution < -0.4 is 11.2 Å². The lowest BCUT2D eigenvalue weighted by Gasteiger charge is -2.29. The molecule has 15 nitrogen and oxygen atoms in total. The number of aryl methyl sites for hydroxylation is 1. The van der Waals surface area contributed by atoms with Crippen molar-refractivity contribution in [3.05, 3.63) is 32.6 Å². The quantitative estimate of drug-likeness (QED) is 0.0400. The average molecular weight is 665 g/mol. The lowest BCUT2D eigenvalue weighted by atomic mass is 9.90. The van der Waals surface area contributed by atoms with Gasteiger partial charge < -0.3 is 28.9 Å². The van der Waals surface area contributed by atoms with Gasteiger partial charge in [0.15, 0.2) is 13.2 Å². The van der Waals surface area contributed by atoms with Crippen molar-refractivity contribution >= 4 is 41.3 Å². The van der Waals surface area contributed by atoms with Crippen LogP contribution in [-0.2, 0) is 42.1 Å². The summed E-state index contributed by atoms with van der Waals surface area (Å²) >= 11 is 0. The highest BCUT2D eigenvalue weighted by Gasteiger charge is 2.52. The molecule has 2 heterocycles. The number of ether oxygens (including phenoxy) is 4. The van der Waals surface area contributed by atoms with Gasteiger partial charge in [0.05, 0.1) is 19.8 Å². The van der Waals surface area contributed by atoms with Gasteiger partial charge in [0.2, 0.25) is 5.41 Å². The third-order valence-electron chi connectivity index (χ3n) is 5.65. The second-order valence-corrected chi connectivity index (χ2v) is 13.6. The first kappa shape index (κ1) is 36.6. The smallest absolute Gasteiger partial charge is 0.452 e. The predicted molar refractivity (Wildman–Crippen MR) is 155 cm³/mol. The van der Waals surface area contributed by atoms with Crippen molar-refractivity contribution in [1.29, 1.82) is 0 Å². The fourth-order valence-corrected chi connectivity index (χ4v) is 6.28. The first-order valence-electron chi connectivity index (χ1n) is 12.6. The maximum absolute atomic E-state index is 13.1. The lowest BCUT2D eigenvalue weighted by Crippen LogP contribution is -2.49. The summed E-state index contributed by atoms with van der Waals surface area (Å²) in [5.41, 5.74) is -3.67. The molecule has 1 fully saturated rings. The molecule has 2 rings (SSSR count). The molecule has 238 valence electrons. The summed E-state index contributed by atoms with van der Waals surface area (Å²) in [7, 11) is -2.37. The zero-order valence-corrected chi connectivity index (χ0v) is 26.1. The number of carbonyl (C=O) groups is 2. The van der Waals surface area contributed by atoms with Gasteiger partial charge in [-0.3, -0.25) is 33.0 Å². The summed E-state index contributed by atoms with van der Waals surface area (Å²) in [5, 5.41) is 10.0. The molecule has 1 aliphatic heterocycles. The van der Waals surface area contributed by atoms with E-state index in [0.717, 1.165) is 4.57 Å². The standard InChI is InChI=1S/C25H33N2O13PS2/c1-6-8-36-22(30)25(23(31)37-9-7-2,13-35-15-42-43-16(3)4)14-38-41(33,34)40-18-10-20(39-19(18)12-28)27-11-17(5)21(29)26-24(27)32/h1-2,11,16,18-20,28H,8-10,12-15H2,3-5H3,(H,33,34)(H,26,29,32)/t18?,19-,20-/m1/s1. The van der Waals surface area contributed by atoms with Gasteiger partial charge in [-0.25, -0.2) is 9.36 Å². The van der Waals surface area contributed by atoms with Gasteiger partial charge in [-0.2, -0.15) is 0 Å². The van der Waals surface area contributed by atoms with E-state index < -0.39 is 87.9 Å². The van der Waals surface area contributed by atoms with Gasteiger partial charge in [0.25, 0.3) is 5.56 Å². The minimum absolute atomic E-state index is 0.00525. The molecule has 1 saturated heterocycles. The van der Waals surface area contributed by atoms with Gasteiger partial charge in [-0.1, -0.05) is 47.3 Å². The number of hydrogen-bond donors (Lipinski definition) is 3. The third-order valence-corrected chi connectivity index (χ3v) is 9.28. The molecule has 1 aromatic heterocycles. The van der Waals surface area contributed by atoms with Crippen LogP contribution in [0.4, 0.5) is 0 Å². The van der Waals surface area contributed by atoms with E-state index in [4.69, 9.17) is 40.8 Å². The minimum Gasteiger partial charge on any atom is -0.452 e. The van der Waals surface area contributed by atoms with E-state index in [1.807, 2.05) is 13.8 Å². The Kier molecular flexibility index (Phi) is 14.5. The number of terminal acetylenes is 2. The molecule has 0 radical (unpaired) electrons. The van der Waals surface area contributed by atoms with Crippen LogP contribution in [0, 0.1) is 37.0 Å². The predicted octanol–water partition coefficient (Wildman–Crippen LogP) is 0.730. The normalized spacial score (nSPS) is 19.8. The van der Waals surface area contributed by atoms with Crippen LogP contribution in [0.5, 0.6) is 0 Å². The summed E-state index contributed by atoms with van der Waals surface area (Å²) in [6, 6.07) is 0. The van der Waals surface area contributed by atoms with Crippen molar-refractivity contribution in [2.24, 2.45) is 5.41 Å². The van der Waals surface area contributed by atoms with E-state index in [0.29, 0.717) is 0 Å². The van der Waals surface area contributed by atoms with Crippen molar-refractivity contribution in [3.8, 4) is 24.7 Å². The summed E-state index contributed by atoms with van der Waals surface area (Å²) in [6.45, 7) is 1.76. The number of aromatic amines is 1. The number of esters is 2. The maximum atomic E-state index is 13.1. The van der Waals surface area contributed by atoms with Crippen molar-refractivity contribution in [2.75, 3.05) is 39.0 Å². The van der Waals surface area contributed by atoms with Crippen molar-refractivity contribution in [3.63, 3.8) is 0 Å². The first-order valence-corrected chi connectivity index (χ1v) is 16.5. The van der Waals surface area contributed by atoms with Crippen LogP contribution in [0.15, 0.2) is 15.8 Å². The second-order valence-electron chi connectivity index (χ2n) is 9.28. The van der Waals surface area contributed by atoms with Crippen LogP contribution in [0.1, 0.15) is 32.1 Å². The Morgan fingerprint density at radius 2 is 1.86 bits per heavy atom. The Balaban J connectivity index is 2.27. The van der Waals surface area contributed by atoms with Crippen molar-refractivity contribution < 1.29 is 52.1 Å². The van der Waals surface area contributed by atoms with E-state index in [1.165, 1.54) is 34.7 Å². The SMILES string of the molecule is C#CCOC(=O)C(COCSSC(C)C)(COP(=O)(O)OC1C[C@H](n2cc(C)c(=O)[nH]c2=O)O[C@@H]1CO)C(=O)OCC#C. The van der Waals surface area contributed by atoms with Gasteiger partial charge in [0, 0.05) is 23.4 Å². The maximum Gasteiger partial charge on any atom is 0.472 e. The number of phosphoric acid groups is 1. The number of nitrogens with one attached hydrogen (secondary N) is 1. The molecule has 0 saturated carbocycles. The largest absolute Gasteiger partial charge is 0.472 e. The molecule has 0 bridgehead atoms. The molecule has 43 heavy (non-hydrogen) atoms. The molecular weight excluding hydrogens is 631 g/mol. The summed E-state index contributed by atoms with van der Waals surface area (Å²) in [4.78, 5) is 62.8. The molecule has 0 amide bonds. The Labute approximate surface area is 255 Å². The molecular formula is C25H33N2O13PS2. The fourth-order valence-electron chi connectivity index (χ4n) is 3.60. The lowest BCUT2D eigenvalue weighted by molar-refractivity contribution is -0.178. The number of hydrogen-bond acceptors (Lipinski definition) is 14. The van der Waals surface area contributed by atoms with Crippen LogP contribution in [0.3, 0.4) is 0 Å². The number of rotatable bonds is 17. The number of phosphoric ester groups is 1. The number of aliphatic hydroxyl groups is 1. The zero-order valence-electron chi connectivity index (χ0n) is 23.6. The van der Waals surface area contributed by atoms with Gasteiger partial charge >= 0.3 is 25.5 Å². The molecule has 0 spiro atoms. The highest BCUT2D eigenvalue weighted by atomic mass is 33.1. The Bertz CT molecular complexity index is 1340. The van der Waals surface area contributed by atoms with E-state index in [1.54, 1.807) is 0 Å². The molecule has 0 aliphatic carbocycles. The van der Waals surface area contributed by atoms with Crippen molar-refractivity contribution in [2.45, 2.75) is 50.9 Å². The van der Waals surface area contributed by atoms with Crippen LogP contribution in [-0.4, -0.2) is 87.9 Å². The number of nitrogens with zero attached hydrogens (tertiary/aromatic N) is 1. The Morgan fingerprint density at radius 1 is 1.23 bits per heavy atom. The summed E-state index contributed by atoms with van der Waals surface area (Å²) in [5.74, 6) is 1.63. The van der Waals surface area contributed by atoms with Crippen LogP contribution >= 0.6 is 29.4 Å². The van der Waals surface area contributed by atoms with Gasteiger partial charge in [-0.15, -0.1) is 12.8 Å². The third kappa shape index (κ3) is 10.5. The van der Waals surface area contributed by atoms with Gasteiger partial charge in [0.1, 0.15) is 24.4 Å². The minimum atomic E-state index is -5.12. The van der Waals surface area contributed by atoms with E-state index in [-0.39, 0.29) is 23.2 Å². The molecule has 4 atom stereocenters. The van der Waals surface area contributed by atoms with Crippen molar-refractivity contribution in [1.82, 2.24) is 9.55 Å². The highest BCUT2D eigenvalue weighted by Crippen LogP contribution is 2.49. The fraction of sp³-hybridized carbons (Fsp3) is 0.600. The zero-order chi connectivity index (χ0) is 32.2. The van der Waals surface area contributed by atoms with E-state index in [2.05, 4.69) is 16.8 Å². The highest BCUT2D eigenvalue weighted by molar-refractivity contribution is 8.76. The Hall–Kier alpha value is -2.57. The molecule has 2 unspecified atom stereocenters. The topological polar surface area (TPSA) is 202 Å². The van der Waals surface area contributed by atoms with Gasteiger partial charge in [-0.05, 0) is 6.92 Å². The van der Waals surface area contributed by atoms with E-state index in [9.17, 15) is 33.7 Å². The Morgan fingerprint density at radius 3 is 2.42 bits per heavy atom. The number of aromatic nitrogens is 2. The average Bonchev–Trinajstić information content (AvgIpc) is 3.35. The summed E-state index contributed by atoms with van der Waals surface area (Å²) in [6.07, 6.45) is 7.76. The molecule has 3 N–H and O–H groups in total. The number of carbonyl (C=O) groups excluding carboxylic acids is 2. The second kappa shape index (κ2) is 17.1. The van der Waals surface area contributed by atoms with Crippen LogP contribution in [0.25, 0.3) is 0 Å². The molecule has 0 aromatic carbocycles. The first-order chi connectivity index (χ1) is 20.3. The van der Waals surface area contributed by atoms with Crippen LogP contribution in [0.2, 0.25) is 0 Å². The molecule has 1 aromatic rings. The molecule has 18 heteroatoms. The monoisotopic (exact) mass is 664 g/mol. The molecule has 1 aliphatic rings. The number of aliphatic hydroxyl groups excluding tert-OH is 1. The number of H-pyrrole nitrogens is 1.